The maximum atomic E-state index is 5.52. The summed E-state index contributed by atoms with van der Waals surface area (Å²) in [7, 11) is 0. The van der Waals surface area contributed by atoms with Crippen LogP contribution in [0.3, 0.4) is 0 Å². The first-order valence-corrected chi connectivity index (χ1v) is 5.70. The first kappa shape index (κ1) is 12.0. The van der Waals surface area contributed by atoms with Crippen molar-refractivity contribution in [2.75, 3.05) is 5.32 Å². The molecule has 0 aromatic heterocycles. The van der Waals surface area contributed by atoms with Gasteiger partial charge in [-0.1, -0.05) is 25.6 Å². The molecule has 0 amide bonds. The van der Waals surface area contributed by atoms with E-state index < -0.39 is 0 Å². The summed E-state index contributed by atoms with van der Waals surface area (Å²) >= 11 is 4.89. The van der Waals surface area contributed by atoms with E-state index in [1.165, 1.54) is 12.8 Å². The maximum Gasteiger partial charge on any atom is 0.103 e. The lowest BCUT2D eigenvalue weighted by atomic mass is 10.1. The molecule has 15 heavy (non-hydrogen) atoms. The van der Waals surface area contributed by atoms with Crippen molar-refractivity contribution in [3.8, 4) is 0 Å². The second-order valence-electron chi connectivity index (χ2n) is 3.78. The van der Waals surface area contributed by atoms with E-state index >= 15 is 0 Å². The van der Waals surface area contributed by atoms with Crippen LogP contribution in [-0.4, -0.2) is 11.0 Å². The lowest BCUT2D eigenvalue weighted by Gasteiger charge is -2.14. The van der Waals surface area contributed by atoms with Gasteiger partial charge in [-0.25, -0.2) is 0 Å². The Morgan fingerprint density at radius 2 is 2.00 bits per heavy atom. The molecule has 0 fully saturated rings. The van der Waals surface area contributed by atoms with Crippen molar-refractivity contribution < 1.29 is 0 Å². The molecule has 1 aromatic carbocycles. The number of hydrogen-bond acceptors (Lipinski definition) is 2. The van der Waals surface area contributed by atoms with Crippen molar-refractivity contribution in [2.45, 2.75) is 32.7 Å². The molecule has 3 N–H and O–H groups in total. The summed E-state index contributed by atoms with van der Waals surface area (Å²) in [5.41, 5.74) is 7.56. The molecule has 0 bridgehead atoms. The second kappa shape index (κ2) is 5.71. The van der Waals surface area contributed by atoms with Gasteiger partial charge in [-0.2, -0.15) is 0 Å². The molecule has 0 aliphatic carbocycles. The molecule has 3 heteroatoms. The molecule has 0 spiro atoms. The van der Waals surface area contributed by atoms with E-state index in [1.54, 1.807) is 0 Å². The van der Waals surface area contributed by atoms with Crippen LogP contribution in [0.2, 0.25) is 0 Å². The third kappa shape index (κ3) is 3.88. The molecule has 1 atom stereocenters. The highest BCUT2D eigenvalue weighted by atomic mass is 32.1. The number of benzene rings is 1. The average Bonchev–Trinajstić information content (AvgIpc) is 2.18. The van der Waals surface area contributed by atoms with Gasteiger partial charge in [-0.3, -0.25) is 0 Å². The zero-order valence-electron chi connectivity index (χ0n) is 9.29. The number of nitrogens with one attached hydrogen (secondary N) is 1. The minimum Gasteiger partial charge on any atom is -0.389 e. The summed E-state index contributed by atoms with van der Waals surface area (Å²) < 4.78 is 0. The summed E-state index contributed by atoms with van der Waals surface area (Å²) in [6.45, 7) is 4.37. The van der Waals surface area contributed by atoms with Crippen LogP contribution in [0.15, 0.2) is 24.3 Å². The van der Waals surface area contributed by atoms with Gasteiger partial charge in [-0.05, 0) is 37.6 Å². The Kier molecular flexibility index (Phi) is 4.56. The van der Waals surface area contributed by atoms with Crippen molar-refractivity contribution >= 4 is 22.9 Å². The Labute approximate surface area is 96.9 Å². The van der Waals surface area contributed by atoms with E-state index in [0.717, 1.165) is 11.3 Å². The molecule has 0 saturated heterocycles. The summed E-state index contributed by atoms with van der Waals surface area (Å²) in [6, 6.07) is 8.43. The standard InChI is InChI=1S/C12H18N2S/c1-3-4-9(2)14-11-7-5-10(6-8-11)12(13)15/h5-9,14H,3-4H2,1-2H3,(H2,13,15). The van der Waals surface area contributed by atoms with Crippen LogP contribution in [0, 0.1) is 0 Å². The zero-order chi connectivity index (χ0) is 11.3. The van der Waals surface area contributed by atoms with Crippen LogP contribution in [0.1, 0.15) is 32.3 Å². The Hall–Kier alpha value is -1.09. The topological polar surface area (TPSA) is 38.0 Å². The predicted molar refractivity (Wildman–Crippen MR) is 70.3 cm³/mol. The highest BCUT2D eigenvalue weighted by molar-refractivity contribution is 7.80. The van der Waals surface area contributed by atoms with Gasteiger partial charge >= 0.3 is 0 Å². The molecule has 0 radical (unpaired) electrons. The molecule has 82 valence electrons. The minimum atomic E-state index is 0.447. The SMILES string of the molecule is CCCC(C)Nc1ccc(C(N)=S)cc1. The van der Waals surface area contributed by atoms with Gasteiger partial charge in [0.15, 0.2) is 0 Å². The fourth-order valence-corrected chi connectivity index (χ4v) is 1.66. The van der Waals surface area contributed by atoms with Gasteiger partial charge < -0.3 is 11.1 Å². The highest BCUT2D eigenvalue weighted by Gasteiger charge is 2.01. The molecule has 1 unspecified atom stereocenters. The third-order valence-electron chi connectivity index (χ3n) is 2.30. The number of nitrogens with two attached hydrogens (primary N) is 1. The molecular formula is C12H18N2S. The van der Waals surface area contributed by atoms with Crippen molar-refractivity contribution in [3.63, 3.8) is 0 Å². The van der Waals surface area contributed by atoms with Crippen molar-refractivity contribution in [3.05, 3.63) is 29.8 Å². The lowest BCUT2D eigenvalue weighted by Crippen LogP contribution is -2.14. The Morgan fingerprint density at radius 3 is 2.47 bits per heavy atom. The van der Waals surface area contributed by atoms with Crippen LogP contribution in [-0.2, 0) is 0 Å². The van der Waals surface area contributed by atoms with Gasteiger partial charge in [0.1, 0.15) is 4.99 Å². The fourth-order valence-electron chi connectivity index (χ4n) is 1.52. The summed E-state index contributed by atoms with van der Waals surface area (Å²) in [6.07, 6.45) is 2.37. The molecule has 0 heterocycles. The molecule has 2 nitrogen and oxygen atoms in total. The predicted octanol–water partition coefficient (Wildman–Crippen LogP) is 2.92. The largest absolute Gasteiger partial charge is 0.389 e. The number of thiocarbonyl (C=S) groups is 1. The Balaban J connectivity index is 2.60. The van der Waals surface area contributed by atoms with Crippen molar-refractivity contribution in [1.29, 1.82) is 0 Å². The van der Waals surface area contributed by atoms with Crippen molar-refractivity contribution in [1.82, 2.24) is 0 Å². The molecule has 1 rings (SSSR count). The Bertz CT molecular complexity index is 319. The van der Waals surface area contributed by atoms with Crippen LogP contribution >= 0.6 is 12.2 Å². The quantitative estimate of drug-likeness (QED) is 0.752. The number of rotatable bonds is 5. The summed E-state index contributed by atoms with van der Waals surface area (Å²) in [5, 5.41) is 3.42. The van der Waals surface area contributed by atoms with E-state index in [2.05, 4.69) is 19.2 Å². The Morgan fingerprint density at radius 1 is 1.40 bits per heavy atom. The zero-order valence-corrected chi connectivity index (χ0v) is 10.1. The smallest absolute Gasteiger partial charge is 0.103 e. The van der Waals surface area contributed by atoms with Gasteiger partial charge in [0.25, 0.3) is 0 Å². The fraction of sp³-hybridized carbons (Fsp3) is 0.417. The van der Waals surface area contributed by atoms with Gasteiger partial charge in [0.05, 0.1) is 0 Å². The molecular weight excluding hydrogens is 204 g/mol. The summed E-state index contributed by atoms with van der Waals surface area (Å²) in [4.78, 5) is 0.447. The van der Waals surface area contributed by atoms with E-state index in [1.807, 2.05) is 24.3 Å². The molecule has 0 aliphatic heterocycles. The first-order chi connectivity index (χ1) is 7.13. The van der Waals surface area contributed by atoms with E-state index in [0.29, 0.717) is 11.0 Å². The van der Waals surface area contributed by atoms with Crippen LogP contribution in [0.4, 0.5) is 5.69 Å². The first-order valence-electron chi connectivity index (χ1n) is 5.30. The second-order valence-corrected chi connectivity index (χ2v) is 4.22. The average molecular weight is 222 g/mol. The minimum absolute atomic E-state index is 0.447. The van der Waals surface area contributed by atoms with Crippen LogP contribution in [0.5, 0.6) is 0 Å². The monoisotopic (exact) mass is 222 g/mol. The number of anilines is 1. The van der Waals surface area contributed by atoms with Crippen LogP contribution in [0.25, 0.3) is 0 Å². The van der Waals surface area contributed by atoms with E-state index in [4.69, 9.17) is 18.0 Å². The van der Waals surface area contributed by atoms with Crippen molar-refractivity contribution in [2.24, 2.45) is 5.73 Å². The van der Waals surface area contributed by atoms with Gasteiger partial charge in [0.2, 0.25) is 0 Å². The van der Waals surface area contributed by atoms with E-state index in [9.17, 15) is 0 Å². The normalized spacial score (nSPS) is 12.1. The van der Waals surface area contributed by atoms with Gasteiger partial charge in [-0.15, -0.1) is 0 Å². The molecule has 0 aliphatic rings. The lowest BCUT2D eigenvalue weighted by molar-refractivity contribution is 0.690. The maximum absolute atomic E-state index is 5.52. The number of hydrogen-bond donors (Lipinski definition) is 2. The highest BCUT2D eigenvalue weighted by Crippen LogP contribution is 2.12. The van der Waals surface area contributed by atoms with Gasteiger partial charge in [0, 0.05) is 17.3 Å². The third-order valence-corrected chi connectivity index (χ3v) is 2.54. The summed E-state index contributed by atoms with van der Waals surface area (Å²) in [5.74, 6) is 0. The molecule has 1 aromatic rings. The van der Waals surface area contributed by atoms with E-state index in [-0.39, 0.29) is 0 Å². The molecule has 0 saturated carbocycles. The van der Waals surface area contributed by atoms with Crippen LogP contribution < -0.4 is 11.1 Å².